The zero-order valence-corrected chi connectivity index (χ0v) is 13.4. The highest BCUT2D eigenvalue weighted by atomic mass is 79.9. The van der Waals surface area contributed by atoms with Crippen molar-refractivity contribution in [2.45, 2.75) is 38.8 Å². The van der Waals surface area contributed by atoms with Crippen LogP contribution in [0.1, 0.15) is 37.0 Å². The molecular weight excluding hydrogens is 323 g/mol. The van der Waals surface area contributed by atoms with Crippen LogP contribution in [0.2, 0.25) is 0 Å². The fourth-order valence-corrected chi connectivity index (χ4v) is 3.01. The van der Waals surface area contributed by atoms with Crippen LogP contribution in [0.15, 0.2) is 22.7 Å². The molecule has 1 aromatic rings. The molecule has 1 aliphatic heterocycles. The fourth-order valence-electron chi connectivity index (χ4n) is 2.57. The second-order valence-electron chi connectivity index (χ2n) is 5.13. The molecule has 2 rings (SSSR count). The van der Waals surface area contributed by atoms with E-state index in [9.17, 15) is 9.18 Å². The summed E-state index contributed by atoms with van der Waals surface area (Å²) in [6.07, 6.45) is 1.87. The number of carbonyl (C=O) groups excluding carboxylic acids is 1. The molecule has 0 spiro atoms. The first-order valence-electron chi connectivity index (χ1n) is 7.06. The lowest BCUT2D eigenvalue weighted by atomic mass is 10.0. The normalized spacial score (nSPS) is 22.9. The van der Waals surface area contributed by atoms with E-state index in [4.69, 9.17) is 0 Å². The summed E-state index contributed by atoms with van der Waals surface area (Å²) in [6.45, 7) is 5.65. The van der Waals surface area contributed by atoms with E-state index in [2.05, 4.69) is 35.1 Å². The first-order valence-corrected chi connectivity index (χ1v) is 7.86. The molecule has 1 fully saturated rings. The first-order chi connectivity index (χ1) is 9.58. The van der Waals surface area contributed by atoms with Crippen LogP contribution in [-0.2, 0) is 0 Å². The average Bonchev–Trinajstić information content (AvgIpc) is 2.48. The number of piperazine rings is 1. The van der Waals surface area contributed by atoms with Crippen LogP contribution in [0, 0.1) is 5.82 Å². The highest BCUT2D eigenvalue weighted by molar-refractivity contribution is 9.10. The summed E-state index contributed by atoms with van der Waals surface area (Å²) in [6, 6.07) is 5.08. The summed E-state index contributed by atoms with van der Waals surface area (Å²) in [5.41, 5.74) is 0.403. The van der Waals surface area contributed by atoms with Gasteiger partial charge in [-0.05, 0) is 40.9 Å². The van der Waals surface area contributed by atoms with E-state index in [1.165, 1.54) is 6.07 Å². The zero-order valence-electron chi connectivity index (χ0n) is 11.8. The Morgan fingerprint density at radius 3 is 2.85 bits per heavy atom. The lowest BCUT2D eigenvalue weighted by molar-refractivity contribution is 0.0574. The highest BCUT2D eigenvalue weighted by Crippen LogP contribution is 2.24. The van der Waals surface area contributed by atoms with Crippen molar-refractivity contribution in [1.29, 1.82) is 0 Å². The predicted molar refractivity (Wildman–Crippen MR) is 81.3 cm³/mol. The number of amides is 1. The standard InChI is InChI=1S/C15H20BrFN2O/c1-3-10-9-19(11(4-2)8-18-10)15(20)12-6-5-7-13(17)14(12)16/h5-7,10-11,18H,3-4,8-9H2,1-2H3. The van der Waals surface area contributed by atoms with Gasteiger partial charge in [0.15, 0.2) is 0 Å². The molecule has 1 N–H and O–H groups in total. The monoisotopic (exact) mass is 342 g/mol. The number of rotatable bonds is 3. The van der Waals surface area contributed by atoms with Crippen LogP contribution in [0.3, 0.4) is 0 Å². The Morgan fingerprint density at radius 2 is 2.20 bits per heavy atom. The van der Waals surface area contributed by atoms with Crippen molar-refractivity contribution in [3.8, 4) is 0 Å². The number of hydrogen-bond donors (Lipinski definition) is 1. The maximum absolute atomic E-state index is 13.6. The summed E-state index contributed by atoms with van der Waals surface area (Å²) >= 11 is 3.18. The minimum Gasteiger partial charge on any atom is -0.333 e. The summed E-state index contributed by atoms with van der Waals surface area (Å²) in [7, 11) is 0. The number of benzene rings is 1. The van der Waals surface area contributed by atoms with E-state index in [1.54, 1.807) is 12.1 Å². The van der Waals surface area contributed by atoms with Gasteiger partial charge in [0.1, 0.15) is 5.82 Å². The SMILES string of the molecule is CCC1CN(C(=O)c2cccc(F)c2Br)C(CC)CN1. The quantitative estimate of drug-likeness (QED) is 0.914. The summed E-state index contributed by atoms with van der Waals surface area (Å²) in [5, 5.41) is 3.45. The van der Waals surface area contributed by atoms with Crippen LogP contribution < -0.4 is 5.32 Å². The molecule has 3 nitrogen and oxygen atoms in total. The molecule has 0 saturated carbocycles. The molecule has 0 aliphatic carbocycles. The Labute approximate surface area is 127 Å². The van der Waals surface area contributed by atoms with Crippen molar-refractivity contribution in [3.63, 3.8) is 0 Å². The molecule has 0 radical (unpaired) electrons. The van der Waals surface area contributed by atoms with E-state index in [0.717, 1.165) is 19.4 Å². The van der Waals surface area contributed by atoms with Crippen LogP contribution in [0.25, 0.3) is 0 Å². The number of nitrogens with one attached hydrogen (secondary N) is 1. The van der Waals surface area contributed by atoms with Gasteiger partial charge in [-0.2, -0.15) is 0 Å². The molecule has 1 aromatic carbocycles. The van der Waals surface area contributed by atoms with Crippen molar-refractivity contribution in [2.24, 2.45) is 0 Å². The number of carbonyl (C=O) groups is 1. The van der Waals surface area contributed by atoms with E-state index in [1.807, 2.05) is 4.90 Å². The van der Waals surface area contributed by atoms with Gasteiger partial charge in [-0.25, -0.2) is 4.39 Å². The van der Waals surface area contributed by atoms with Gasteiger partial charge in [0.2, 0.25) is 0 Å². The van der Waals surface area contributed by atoms with E-state index in [0.29, 0.717) is 18.2 Å². The van der Waals surface area contributed by atoms with Crippen molar-refractivity contribution in [1.82, 2.24) is 10.2 Å². The molecule has 0 bridgehead atoms. The molecule has 2 unspecified atom stereocenters. The second kappa shape index (κ2) is 6.68. The van der Waals surface area contributed by atoms with Gasteiger partial charge in [-0.15, -0.1) is 0 Å². The summed E-state index contributed by atoms with van der Waals surface area (Å²) < 4.78 is 13.9. The van der Waals surface area contributed by atoms with Crippen molar-refractivity contribution in [2.75, 3.05) is 13.1 Å². The first kappa shape index (κ1) is 15.4. The molecular formula is C15H20BrFN2O. The Hall–Kier alpha value is -0.940. The van der Waals surface area contributed by atoms with Gasteiger partial charge in [-0.3, -0.25) is 4.79 Å². The Kier molecular flexibility index (Phi) is 5.16. The highest BCUT2D eigenvalue weighted by Gasteiger charge is 2.31. The summed E-state index contributed by atoms with van der Waals surface area (Å²) in [5.74, 6) is -0.491. The lowest BCUT2D eigenvalue weighted by Crippen LogP contribution is -2.57. The molecule has 1 amide bonds. The number of nitrogens with zero attached hydrogens (tertiary/aromatic N) is 1. The van der Waals surface area contributed by atoms with Crippen LogP contribution in [0.4, 0.5) is 4.39 Å². The van der Waals surface area contributed by atoms with Gasteiger partial charge in [0.05, 0.1) is 10.0 Å². The molecule has 2 atom stereocenters. The average molecular weight is 343 g/mol. The molecule has 5 heteroatoms. The third-order valence-electron chi connectivity index (χ3n) is 3.91. The van der Waals surface area contributed by atoms with E-state index < -0.39 is 5.82 Å². The van der Waals surface area contributed by atoms with Gasteiger partial charge >= 0.3 is 0 Å². The lowest BCUT2D eigenvalue weighted by Gasteiger charge is -2.40. The minimum atomic E-state index is -0.397. The van der Waals surface area contributed by atoms with E-state index in [-0.39, 0.29) is 16.4 Å². The molecule has 110 valence electrons. The molecule has 1 saturated heterocycles. The van der Waals surface area contributed by atoms with Gasteiger partial charge in [-0.1, -0.05) is 19.9 Å². The van der Waals surface area contributed by atoms with Crippen molar-refractivity contribution in [3.05, 3.63) is 34.1 Å². The maximum atomic E-state index is 13.6. The largest absolute Gasteiger partial charge is 0.333 e. The topological polar surface area (TPSA) is 32.3 Å². The number of halogens is 2. The van der Waals surface area contributed by atoms with Crippen molar-refractivity contribution < 1.29 is 9.18 Å². The van der Waals surface area contributed by atoms with E-state index >= 15 is 0 Å². The predicted octanol–water partition coefficient (Wildman–Crippen LogP) is 3.19. The van der Waals surface area contributed by atoms with Gasteiger partial charge < -0.3 is 10.2 Å². The molecule has 0 aromatic heterocycles. The fraction of sp³-hybridized carbons (Fsp3) is 0.533. The second-order valence-corrected chi connectivity index (χ2v) is 5.93. The Morgan fingerprint density at radius 1 is 1.45 bits per heavy atom. The minimum absolute atomic E-state index is 0.0943. The summed E-state index contributed by atoms with van der Waals surface area (Å²) in [4.78, 5) is 14.6. The Bertz CT molecular complexity index is 495. The molecule has 1 heterocycles. The zero-order chi connectivity index (χ0) is 14.7. The van der Waals surface area contributed by atoms with Gasteiger partial charge in [0, 0.05) is 25.2 Å². The van der Waals surface area contributed by atoms with Crippen LogP contribution >= 0.6 is 15.9 Å². The van der Waals surface area contributed by atoms with Crippen LogP contribution in [0.5, 0.6) is 0 Å². The van der Waals surface area contributed by atoms with Gasteiger partial charge in [0.25, 0.3) is 5.91 Å². The third-order valence-corrected chi connectivity index (χ3v) is 4.71. The molecule has 1 aliphatic rings. The smallest absolute Gasteiger partial charge is 0.255 e. The number of hydrogen-bond acceptors (Lipinski definition) is 2. The third kappa shape index (κ3) is 3.04. The van der Waals surface area contributed by atoms with Crippen molar-refractivity contribution >= 4 is 21.8 Å². The van der Waals surface area contributed by atoms with Crippen LogP contribution in [-0.4, -0.2) is 36.0 Å². The molecule has 20 heavy (non-hydrogen) atoms. The maximum Gasteiger partial charge on any atom is 0.255 e. The Balaban J connectivity index is 2.27.